The van der Waals surface area contributed by atoms with Gasteiger partial charge in [0.15, 0.2) is 0 Å². The minimum absolute atomic E-state index is 0.884. The number of hydrogen-bond donors (Lipinski definition) is 0. The summed E-state index contributed by atoms with van der Waals surface area (Å²) in [6.07, 6.45) is 0. The Morgan fingerprint density at radius 1 is 0.300 bits per heavy atom. The van der Waals surface area contributed by atoms with Crippen molar-refractivity contribution in [2.45, 2.75) is 0 Å². The molecule has 0 aliphatic carbocycles. The number of hydrogen-bond acceptors (Lipinski definition) is 4. The van der Waals surface area contributed by atoms with Crippen LogP contribution in [0.4, 0.5) is 0 Å². The van der Waals surface area contributed by atoms with E-state index in [1.165, 1.54) is 0 Å². The van der Waals surface area contributed by atoms with E-state index in [0.717, 1.165) is 99.4 Å². The fraction of sp³-hybridized carbons (Fsp3) is 0. The lowest BCUT2D eigenvalue weighted by Crippen LogP contribution is -1.94. The third kappa shape index (κ3) is 4.69. The second-order valence-electron chi connectivity index (χ2n) is 12.6. The normalized spacial score (nSPS) is 11.6. The number of fused-ring (bicyclic) bond motifs is 8. The quantitative estimate of drug-likeness (QED) is 0.180. The molecule has 0 fully saturated rings. The second-order valence-corrected chi connectivity index (χ2v) is 12.6. The molecule has 0 atom stereocenters. The third-order valence-corrected chi connectivity index (χ3v) is 9.62. The topological polar surface area (TPSA) is 51.6 Å². The van der Waals surface area contributed by atoms with Gasteiger partial charge in [0.1, 0.15) is 0 Å². The lowest BCUT2D eigenvalue weighted by molar-refractivity contribution is 1.36. The van der Waals surface area contributed by atoms with Crippen LogP contribution >= 0.6 is 0 Å². The molecule has 0 saturated carbocycles. The van der Waals surface area contributed by atoms with Gasteiger partial charge in [-0.2, -0.15) is 0 Å². The van der Waals surface area contributed by atoms with E-state index in [9.17, 15) is 0 Å². The molecule has 0 aliphatic heterocycles. The predicted octanol–water partition coefficient (Wildman–Crippen LogP) is 11.7. The summed E-state index contributed by atoms with van der Waals surface area (Å²) in [7, 11) is 0. The monoisotopic (exact) mass is 636 g/mol. The van der Waals surface area contributed by atoms with Gasteiger partial charge in [0, 0.05) is 49.2 Å². The van der Waals surface area contributed by atoms with Crippen molar-refractivity contribution in [2.75, 3.05) is 0 Å². The summed E-state index contributed by atoms with van der Waals surface area (Å²) in [6, 6.07) is 59.0. The average molecular weight is 637 g/mol. The zero-order chi connectivity index (χ0) is 33.0. The van der Waals surface area contributed by atoms with Crippen LogP contribution in [0.25, 0.3) is 99.4 Å². The molecule has 50 heavy (non-hydrogen) atoms. The number of pyridine rings is 4. The summed E-state index contributed by atoms with van der Waals surface area (Å²) in [5.41, 5.74) is 11.6. The molecule has 4 heteroatoms. The van der Waals surface area contributed by atoms with Crippen molar-refractivity contribution in [3.05, 3.63) is 170 Å². The first-order valence-corrected chi connectivity index (χ1v) is 16.8. The summed E-state index contributed by atoms with van der Waals surface area (Å²) in [6.45, 7) is 0. The van der Waals surface area contributed by atoms with Crippen molar-refractivity contribution in [1.29, 1.82) is 0 Å². The van der Waals surface area contributed by atoms with Gasteiger partial charge in [0.05, 0.1) is 44.8 Å². The van der Waals surface area contributed by atoms with Crippen LogP contribution in [0.15, 0.2) is 170 Å². The van der Waals surface area contributed by atoms with Crippen LogP contribution in [-0.2, 0) is 0 Å². The molecule has 4 aromatic heterocycles. The molecule has 6 aromatic carbocycles. The molecule has 4 heterocycles. The molecular weight excluding hydrogens is 609 g/mol. The zero-order valence-electron chi connectivity index (χ0n) is 27.0. The van der Waals surface area contributed by atoms with Gasteiger partial charge in [0.25, 0.3) is 0 Å². The molecule has 232 valence electrons. The van der Waals surface area contributed by atoms with Gasteiger partial charge < -0.3 is 0 Å². The Labute approximate surface area is 288 Å². The second kappa shape index (κ2) is 11.4. The fourth-order valence-corrected chi connectivity index (χ4v) is 7.11. The maximum absolute atomic E-state index is 5.39. The van der Waals surface area contributed by atoms with Crippen molar-refractivity contribution in [3.63, 3.8) is 0 Å². The van der Waals surface area contributed by atoms with Crippen molar-refractivity contribution >= 4 is 54.4 Å². The highest BCUT2D eigenvalue weighted by Crippen LogP contribution is 2.39. The van der Waals surface area contributed by atoms with E-state index in [1.54, 1.807) is 0 Å². The zero-order valence-corrected chi connectivity index (χ0v) is 27.0. The van der Waals surface area contributed by atoms with E-state index in [0.29, 0.717) is 0 Å². The van der Waals surface area contributed by atoms with Gasteiger partial charge in [0.2, 0.25) is 0 Å². The summed E-state index contributed by atoms with van der Waals surface area (Å²) in [5, 5.41) is 6.48. The largest absolute Gasteiger partial charge is 0.247 e. The van der Waals surface area contributed by atoms with Crippen LogP contribution in [0.2, 0.25) is 0 Å². The minimum atomic E-state index is 0.884. The Hall–Kier alpha value is -6.78. The van der Waals surface area contributed by atoms with Gasteiger partial charge in [-0.1, -0.05) is 146 Å². The van der Waals surface area contributed by atoms with E-state index in [1.807, 2.05) is 30.3 Å². The standard InChI is InChI=1S/C46H28N4/c1-4-10-29(11-5-1)38-25-20-32-18-24-37-36-23-19-35(28-41(36)50-43(42(37)44(32)47-38)31-14-8-3-9-15-31)40-27-22-34-17-16-33-21-26-39(30-12-6-2-7-13-30)48-45(33)46(34)49-40/h1-28H. The summed E-state index contributed by atoms with van der Waals surface area (Å²) >= 11 is 0. The van der Waals surface area contributed by atoms with E-state index in [4.69, 9.17) is 19.9 Å². The predicted molar refractivity (Wildman–Crippen MR) is 207 cm³/mol. The maximum Gasteiger partial charge on any atom is 0.0972 e. The van der Waals surface area contributed by atoms with E-state index in [-0.39, 0.29) is 0 Å². The Kier molecular flexibility index (Phi) is 6.46. The van der Waals surface area contributed by atoms with Crippen LogP contribution in [0.5, 0.6) is 0 Å². The Morgan fingerprint density at radius 2 is 0.740 bits per heavy atom. The van der Waals surface area contributed by atoms with Crippen LogP contribution in [-0.4, -0.2) is 19.9 Å². The first-order chi connectivity index (χ1) is 24.8. The molecule has 0 N–H and O–H groups in total. The van der Waals surface area contributed by atoms with Crippen molar-refractivity contribution < 1.29 is 0 Å². The maximum atomic E-state index is 5.39. The lowest BCUT2D eigenvalue weighted by atomic mass is 9.96. The molecule has 10 aromatic rings. The molecule has 0 bridgehead atoms. The molecule has 4 nitrogen and oxygen atoms in total. The van der Waals surface area contributed by atoms with Crippen molar-refractivity contribution in [3.8, 4) is 45.0 Å². The van der Waals surface area contributed by atoms with Gasteiger partial charge in [-0.15, -0.1) is 0 Å². The molecule has 10 rings (SSSR count). The van der Waals surface area contributed by atoms with Crippen LogP contribution in [0.3, 0.4) is 0 Å². The average Bonchev–Trinajstić information content (AvgIpc) is 3.20. The van der Waals surface area contributed by atoms with Gasteiger partial charge in [-0.3, -0.25) is 0 Å². The first kappa shape index (κ1) is 28.3. The molecule has 0 radical (unpaired) electrons. The van der Waals surface area contributed by atoms with Gasteiger partial charge in [-0.05, 0) is 29.7 Å². The molecule has 0 spiro atoms. The van der Waals surface area contributed by atoms with Gasteiger partial charge in [-0.25, -0.2) is 19.9 Å². The highest BCUT2D eigenvalue weighted by Gasteiger charge is 2.17. The number of aromatic nitrogens is 4. The molecule has 0 amide bonds. The Morgan fingerprint density at radius 3 is 1.32 bits per heavy atom. The fourth-order valence-electron chi connectivity index (χ4n) is 7.11. The smallest absolute Gasteiger partial charge is 0.0972 e. The van der Waals surface area contributed by atoms with E-state index in [2.05, 4.69) is 140 Å². The van der Waals surface area contributed by atoms with Crippen LogP contribution in [0.1, 0.15) is 0 Å². The number of rotatable bonds is 4. The Bertz CT molecular complexity index is 2900. The van der Waals surface area contributed by atoms with Crippen LogP contribution < -0.4 is 0 Å². The third-order valence-electron chi connectivity index (χ3n) is 9.62. The summed E-state index contributed by atoms with van der Waals surface area (Å²) in [5.74, 6) is 0. The molecular formula is C46H28N4. The first-order valence-electron chi connectivity index (χ1n) is 16.8. The van der Waals surface area contributed by atoms with Gasteiger partial charge >= 0.3 is 0 Å². The molecule has 0 saturated heterocycles. The molecule has 0 unspecified atom stereocenters. The SMILES string of the molecule is c1ccc(-c2ccc3ccc4ccc(-c5ccc6c(c5)nc(-c5ccccc5)c5c6ccc6ccc(-c7ccccc7)nc65)nc4c3n2)cc1. The molecule has 0 aliphatic rings. The van der Waals surface area contributed by atoms with Crippen LogP contribution in [0, 0.1) is 0 Å². The number of benzene rings is 6. The van der Waals surface area contributed by atoms with Crippen molar-refractivity contribution in [2.24, 2.45) is 0 Å². The Balaban J connectivity index is 1.18. The summed E-state index contributed by atoms with van der Waals surface area (Å²) < 4.78 is 0. The van der Waals surface area contributed by atoms with E-state index >= 15 is 0 Å². The van der Waals surface area contributed by atoms with E-state index < -0.39 is 0 Å². The highest BCUT2D eigenvalue weighted by molar-refractivity contribution is 6.20. The highest BCUT2D eigenvalue weighted by atomic mass is 14.8. The van der Waals surface area contributed by atoms with Crippen molar-refractivity contribution in [1.82, 2.24) is 19.9 Å². The minimum Gasteiger partial charge on any atom is -0.247 e. The number of nitrogens with zero attached hydrogens (tertiary/aromatic N) is 4. The lowest BCUT2D eigenvalue weighted by Gasteiger charge is -2.14. The summed E-state index contributed by atoms with van der Waals surface area (Å²) in [4.78, 5) is 21.0.